The number of esters is 1. The quantitative estimate of drug-likeness (QED) is 0.661. The van der Waals surface area contributed by atoms with E-state index in [-0.39, 0.29) is 11.4 Å². The van der Waals surface area contributed by atoms with Crippen LogP contribution in [0.3, 0.4) is 0 Å². The molecule has 0 N–H and O–H groups in total. The lowest BCUT2D eigenvalue weighted by Gasteiger charge is -2.29. The number of rotatable bonds is 5. The molecule has 0 amide bonds. The molecule has 0 atom stereocenters. The fourth-order valence-electron chi connectivity index (χ4n) is 3.59. The third-order valence-electron chi connectivity index (χ3n) is 5.16. The molecule has 1 fully saturated rings. The number of hydrogen-bond acceptors (Lipinski definition) is 2. The van der Waals surface area contributed by atoms with Gasteiger partial charge in [-0.25, -0.2) is 0 Å². The highest BCUT2D eigenvalue weighted by molar-refractivity contribution is 5.69. The standard InChI is InChI=1S/C21H32O2/c1-5-23-20(22)15-8-16-6-9-17(10-7-16)18-11-13-19(14-12-18)21(2,3)4/h11-14,16-17H,5-10,15H2,1-4H3. The molecule has 2 rings (SSSR count). The molecule has 0 unspecified atom stereocenters. The smallest absolute Gasteiger partial charge is 0.305 e. The van der Waals surface area contributed by atoms with Crippen LogP contribution in [-0.2, 0) is 14.9 Å². The Bertz CT molecular complexity index is 488. The van der Waals surface area contributed by atoms with E-state index in [4.69, 9.17) is 4.74 Å². The van der Waals surface area contributed by atoms with Crippen molar-refractivity contribution in [2.75, 3.05) is 6.61 Å². The highest BCUT2D eigenvalue weighted by Gasteiger charge is 2.23. The van der Waals surface area contributed by atoms with Crippen LogP contribution in [0.25, 0.3) is 0 Å². The molecule has 0 aromatic heterocycles. The second kappa shape index (κ2) is 7.99. The van der Waals surface area contributed by atoms with E-state index in [9.17, 15) is 4.79 Å². The van der Waals surface area contributed by atoms with Gasteiger partial charge >= 0.3 is 5.97 Å². The van der Waals surface area contributed by atoms with Gasteiger partial charge < -0.3 is 4.74 Å². The van der Waals surface area contributed by atoms with Gasteiger partial charge in [0.25, 0.3) is 0 Å². The lowest BCUT2D eigenvalue weighted by molar-refractivity contribution is -0.143. The molecule has 1 saturated carbocycles. The Labute approximate surface area is 141 Å². The molecule has 128 valence electrons. The summed E-state index contributed by atoms with van der Waals surface area (Å²) >= 11 is 0. The van der Waals surface area contributed by atoms with Crippen LogP contribution in [0.5, 0.6) is 0 Å². The van der Waals surface area contributed by atoms with Gasteiger partial charge in [0.05, 0.1) is 6.61 Å². The first kappa shape index (κ1) is 18.0. The molecule has 0 radical (unpaired) electrons. The highest BCUT2D eigenvalue weighted by atomic mass is 16.5. The van der Waals surface area contributed by atoms with Crippen LogP contribution in [0, 0.1) is 5.92 Å². The van der Waals surface area contributed by atoms with Crippen LogP contribution in [0.4, 0.5) is 0 Å². The summed E-state index contributed by atoms with van der Waals surface area (Å²) in [6.45, 7) is 9.15. The zero-order chi connectivity index (χ0) is 16.9. The summed E-state index contributed by atoms with van der Waals surface area (Å²) in [5.74, 6) is 1.36. The Morgan fingerprint density at radius 3 is 2.22 bits per heavy atom. The van der Waals surface area contributed by atoms with Crippen molar-refractivity contribution in [2.24, 2.45) is 5.92 Å². The zero-order valence-electron chi connectivity index (χ0n) is 15.2. The number of hydrogen-bond donors (Lipinski definition) is 0. The molecule has 1 aliphatic rings. The maximum atomic E-state index is 11.5. The molecule has 1 aromatic carbocycles. The first-order chi connectivity index (χ1) is 10.9. The van der Waals surface area contributed by atoms with Crippen molar-refractivity contribution in [1.29, 1.82) is 0 Å². The number of ether oxygens (including phenoxy) is 1. The van der Waals surface area contributed by atoms with E-state index < -0.39 is 0 Å². The molecule has 0 spiro atoms. The molecule has 0 heterocycles. The Morgan fingerprint density at radius 1 is 1.09 bits per heavy atom. The van der Waals surface area contributed by atoms with Gasteiger partial charge in [-0.15, -0.1) is 0 Å². The molecule has 0 bridgehead atoms. The Balaban J connectivity index is 1.81. The summed E-state index contributed by atoms with van der Waals surface area (Å²) in [4.78, 5) is 11.5. The van der Waals surface area contributed by atoms with Gasteiger partial charge in [0.1, 0.15) is 0 Å². The molecule has 23 heavy (non-hydrogen) atoms. The summed E-state index contributed by atoms with van der Waals surface area (Å²) in [5.41, 5.74) is 3.12. The average Bonchev–Trinajstić information content (AvgIpc) is 2.53. The second-order valence-corrected chi connectivity index (χ2v) is 7.93. The van der Waals surface area contributed by atoms with Gasteiger partial charge in [0.2, 0.25) is 0 Å². The monoisotopic (exact) mass is 316 g/mol. The molecule has 2 heteroatoms. The van der Waals surface area contributed by atoms with E-state index in [2.05, 4.69) is 45.0 Å². The minimum absolute atomic E-state index is 0.0348. The SMILES string of the molecule is CCOC(=O)CCC1CCC(c2ccc(C(C)(C)C)cc2)CC1. The van der Waals surface area contributed by atoms with Gasteiger partial charge in [-0.2, -0.15) is 0 Å². The van der Waals surface area contributed by atoms with Gasteiger partial charge in [-0.1, -0.05) is 45.0 Å². The van der Waals surface area contributed by atoms with Crippen molar-refractivity contribution < 1.29 is 9.53 Å². The predicted octanol–water partition coefficient (Wildman–Crippen LogP) is 5.60. The van der Waals surface area contributed by atoms with Gasteiger partial charge in [0.15, 0.2) is 0 Å². The molecule has 2 nitrogen and oxygen atoms in total. The van der Waals surface area contributed by atoms with Crippen molar-refractivity contribution in [3.05, 3.63) is 35.4 Å². The van der Waals surface area contributed by atoms with Crippen molar-refractivity contribution >= 4 is 5.97 Å². The largest absolute Gasteiger partial charge is 0.466 e. The van der Waals surface area contributed by atoms with E-state index in [1.807, 2.05) is 6.92 Å². The maximum Gasteiger partial charge on any atom is 0.305 e. The van der Waals surface area contributed by atoms with Crippen molar-refractivity contribution in [1.82, 2.24) is 0 Å². The fourth-order valence-corrected chi connectivity index (χ4v) is 3.59. The molecule has 1 aromatic rings. The van der Waals surface area contributed by atoms with E-state index in [0.29, 0.717) is 24.9 Å². The Morgan fingerprint density at radius 2 is 1.70 bits per heavy atom. The second-order valence-electron chi connectivity index (χ2n) is 7.93. The van der Waals surface area contributed by atoms with Crippen molar-refractivity contribution in [3.8, 4) is 0 Å². The zero-order valence-corrected chi connectivity index (χ0v) is 15.2. The minimum atomic E-state index is -0.0348. The van der Waals surface area contributed by atoms with E-state index >= 15 is 0 Å². The minimum Gasteiger partial charge on any atom is -0.466 e. The number of benzene rings is 1. The van der Waals surface area contributed by atoms with Crippen molar-refractivity contribution in [2.45, 2.75) is 77.6 Å². The van der Waals surface area contributed by atoms with Crippen LogP contribution >= 0.6 is 0 Å². The Kier molecular flexibility index (Phi) is 6.26. The fraction of sp³-hybridized carbons (Fsp3) is 0.667. The predicted molar refractivity (Wildman–Crippen MR) is 95.7 cm³/mol. The van der Waals surface area contributed by atoms with Crippen LogP contribution in [0.15, 0.2) is 24.3 Å². The van der Waals surface area contributed by atoms with Crippen LogP contribution < -0.4 is 0 Å². The van der Waals surface area contributed by atoms with Gasteiger partial charge in [0, 0.05) is 6.42 Å². The van der Waals surface area contributed by atoms with Gasteiger partial charge in [-0.05, 0) is 67.4 Å². The third-order valence-corrected chi connectivity index (χ3v) is 5.16. The van der Waals surface area contributed by atoms with Crippen LogP contribution in [-0.4, -0.2) is 12.6 Å². The number of carbonyl (C=O) groups is 1. The van der Waals surface area contributed by atoms with E-state index in [1.165, 1.54) is 36.8 Å². The first-order valence-electron chi connectivity index (χ1n) is 9.16. The van der Waals surface area contributed by atoms with Crippen LogP contribution in [0.1, 0.15) is 83.3 Å². The maximum absolute atomic E-state index is 11.5. The molecule has 0 aliphatic heterocycles. The Hall–Kier alpha value is -1.31. The number of carbonyl (C=O) groups excluding carboxylic acids is 1. The lowest BCUT2D eigenvalue weighted by Crippen LogP contribution is -2.16. The van der Waals surface area contributed by atoms with E-state index in [1.54, 1.807) is 0 Å². The van der Waals surface area contributed by atoms with Crippen molar-refractivity contribution in [3.63, 3.8) is 0 Å². The van der Waals surface area contributed by atoms with Crippen LogP contribution in [0.2, 0.25) is 0 Å². The molecule has 0 saturated heterocycles. The average molecular weight is 316 g/mol. The third kappa shape index (κ3) is 5.37. The summed E-state index contributed by atoms with van der Waals surface area (Å²) in [7, 11) is 0. The summed E-state index contributed by atoms with van der Waals surface area (Å²) < 4.78 is 5.02. The highest BCUT2D eigenvalue weighted by Crippen LogP contribution is 2.38. The summed E-state index contributed by atoms with van der Waals surface area (Å²) in [6.07, 6.45) is 6.57. The summed E-state index contributed by atoms with van der Waals surface area (Å²) in [5, 5.41) is 0. The van der Waals surface area contributed by atoms with Gasteiger partial charge in [-0.3, -0.25) is 4.79 Å². The molecular formula is C21H32O2. The lowest BCUT2D eigenvalue weighted by atomic mass is 9.76. The summed E-state index contributed by atoms with van der Waals surface area (Å²) in [6, 6.07) is 9.23. The molecular weight excluding hydrogens is 284 g/mol. The first-order valence-corrected chi connectivity index (χ1v) is 9.16. The topological polar surface area (TPSA) is 26.3 Å². The van der Waals surface area contributed by atoms with E-state index in [0.717, 1.165) is 6.42 Å². The normalized spacial score (nSPS) is 21.9. The molecule has 1 aliphatic carbocycles.